The Bertz CT molecular complexity index is 666. The molecule has 1 amide bonds. The summed E-state index contributed by atoms with van der Waals surface area (Å²) in [5.41, 5.74) is 4.37. The molecule has 0 heterocycles. The molecule has 0 bridgehead atoms. The van der Waals surface area contributed by atoms with Crippen LogP contribution in [0.15, 0.2) is 47.4 Å². The molecule has 2 nitrogen and oxygen atoms in total. The highest BCUT2D eigenvalue weighted by Crippen LogP contribution is 2.24. The van der Waals surface area contributed by atoms with Crippen molar-refractivity contribution in [1.29, 1.82) is 0 Å². The van der Waals surface area contributed by atoms with Gasteiger partial charge in [-0.1, -0.05) is 42.8 Å². The van der Waals surface area contributed by atoms with Crippen molar-refractivity contribution in [3.8, 4) is 0 Å². The zero-order chi connectivity index (χ0) is 16.1. The van der Waals surface area contributed by atoms with Crippen molar-refractivity contribution in [2.75, 3.05) is 5.75 Å². The summed E-state index contributed by atoms with van der Waals surface area (Å²) in [6.07, 6.45) is 0. The molecule has 0 saturated carbocycles. The van der Waals surface area contributed by atoms with Crippen LogP contribution in [0.4, 0.5) is 0 Å². The first kappa shape index (κ1) is 16.6. The monoisotopic (exact) mass is 313 g/mol. The van der Waals surface area contributed by atoms with Gasteiger partial charge in [-0.25, -0.2) is 0 Å². The second kappa shape index (κ2) is 7.50. The van der Waals surface area contributed by atoms with E-state index in [1.807, 2.05) is 31.2 Å². The summed E-state index contributed by atoms with van der Waals surface area (Å²) in [5.74, 6) is 0.945. The molecule has 116 valence electrons. The fourth-order valence-electron chi connectivity index (χ4n) is 2.60. The van der Waals surface area contributed by atoms with Gasteiger partial charge < -0.3 is 5.32 Å². The lowest BCUT2D eigenvalue weighted by molar-refractivity contribution is 0.0937. The molecule has 0 aromatic heterocycles. The minimum Gasteiger partial charge on any atom is -0.345 e. The zero-order valence-electron chi connectivity index (χ0n) is 13.6. The Morgan fingerprint density at radius 2 is 1.91 bits per heavy atom. The van der Waals surface area contributed by atoms with Crippen LogP contribution in [0.5, 0.6) is 0 Å². The molecule has 22 heavy (non-hydrogen) atoms. The average Bonchev–Trinajstić information content (AvgIpc) is 2.47. The molecule has 0 unspecified atom stereocenters. The Labute approximate surface area is 137 Å². The lowest BCUT2D eigenvalue weighted by atomic mass is 10.00. The van der Waals surface area contributed by atoms with Crippen LogP contribution in [0.3, 0.4) is 0 Å². The van der Waals surface area contributed by atoms with E-state index in [0.717, 1.165) is 16.2 Å². The molecular formula is C19H23NOS. The summed E-state index contributed by atoms with van der Waals surface area (Å²) >= 11 is 1.70. The predicted octanol–water partition coefficient (Wildman–Crippen LogP) is 4.91. The summed E-state index contributed by atoms with van der Waals surface area (Å²) in [5, 5.41) is 3.12. The maximum absolute atomic E-state index is 12.6. The number of thioether (sulfide) groups is 1. The first-order chi connectivity index (χ1) is 10.5. The Morgan fingerprint density at radius 1 is 1.18 bits per heavy atom. The number of aryl methyl sites for hydroxylation is 2. The van der Waals surface area contributed by atoms with Crippen LogP contribution in [-0.2, 0) is 0 Å². The number of benzene rings is 2. The van der Waals surface area contributed by atoms with Crippen LogP contribution in [0, 0.1) is 13.8 Å². The fourth-order valence-corrected chi connectivity index (χ4v) is 3.40. The largest absolute Gasteiger partial charge is 0.345 e. The van der Waals surface area contributed by atoms with Crippen molar-refractivity contribution < 1.29 is 4.79 Å². The van der Waals surface area contributed by atoms with Gasteiger partial charge in [-0.2, -0.15) is 0 Å². The zero-order valence-corrected chi connectivity index (χ0v) is 14.5. The van der Waals surface area contributed by atoms with E-state index < -0.39 is 0 Å². The quantitative estimate of drug-likeness (QED) is 0.795. The van der Waals surface area contributed by atoms with E-state index in [4.69, 9.17) is 0 Å². The topological polar surface area (TPSA) is 29.1 Å². The maximum atomic E-state index is 12.6. The van der Waals surface area contributed by atoms with Crippen LogP contribution >= 0.6 is 11.8 Å². The van der Waals surface area contributed by atoms with Crippen LogP contribution in [0.1, 0.15) is 46.9 Å². The van der Waals surface area contributed by atoms with Gasteiger partial charge in [0.25, 0.3) is 5.91 Å². The van der Waals surface area contributed by atoms with Gasteiger partial charge in [-0.05, 0) is 49.8 Å². The third kappa shape index (κ3) is 3.92. The third-order valence-corrected chi connectivity index (χ3v) is 4.63. The molecule has 0 spiro atoms. The molecule has 0 aliphatic rings. The van der Waals surface area contributed by atoms with E-state index >= 15 is 0 Å². The van der Waals surface area contributed by atoms with Gasteiger partial charge in [0.2, 0.25) is 0 Å². The highest BCUT2D eigenvalue weighted by Gasteiger charge is 2.15. The number of carbonyl (C=O) groups excluding carboxylic acids is 1. The van der Waals surface area contributed by atoms with Gasteiger partial charge in [0.05, 0.1) is 11.6 Å². The second-order valence-corrected chi connectivity index (χ2v) is 6.79. The van der Waals surface area contributed by atoms with Crippen molar-refractivity contribution in [2.45, 2.75) is 38.6 Å². The van der Waals surface area contributed by atoms with Crippen molar-refractivity contribution in [3.05, 3.63) is 64.7 Å². The molecule has 1 atom stereocenters. The highest BCUT2D eigenvalue weighted by molar-refractivity contribution is 7.99. The molecule has 2 aromatic carbocycles. The first-order valence-electron chi connectivity index (χ1n) is 7.62. The van der Waals surface area contributed by atoms with Crippen LogP contribution in [0.2, 0.25) is 0 Å². The number of carbonyl (C=O) groups is 1. The average molecular weight is 313 g/mol. The van der Waals surface area contributed by atoms with Crippen molar-refractivity contribution in [2.24, 2.45) is 0 Å². The summed E-state index contributed by atoms with van der Waals surface area (Å²) < 4.78 is 0. The van der Waals surface area contributed by atoms with Gasteiger partial charge in [-0.15, -0.1) is 11.8 Å². The lowest BCUT2D eigenvalue weighted by Gasteiger charge is -2.18. The second-order valence-electron chi connectivity index (χ2n) is 5.48. The fraction of sp³-hybridized carbons (Fsp3) is 0.316. The molecule has 0 aliphatic heterocycles. The predicted molar refractivity (Wildman–Crippen MR) is 94.6 cm³/mol. The highest BCUT2D eigenvalue weighted by atomic mass is 32.2. The number of nitrogens with one attached hydrogen (secondary N) is 1. The summed E-state index contributed by atoms with van der Waals surface area (Å²) in [6.45, 7) is 8.30. The number of hydrogen-bond acceptors (Lipinski definition) is 2. The van der Waals surface area contributed by atoms with Crippen LogP contribution < -0.4 is 5.32 Å². The van der Waals surface area contributed by atoms with E-state index in [1.54, 1.807) is 11.8 Å². The number of rotatable bonds is 5. The van der Waals surface area contributed by atoms with Crippen LogP contribution in [-0.4, -0.2) is 11.7 Å². The van der Waals surface area contributed by atoms with Gasteiger partial charge in [-0.3, -0.25) is 4.79 Å². The van der Waals surface area contributed by atoms with Crippen LogP contribution in [0.25, 0.3) is 0 Å². The van der Waals surface area contributed by atoms with Gasteiger partial charge in [0, 0.05) is 4.90 Å². The Kier molecular flexibility index (Phi) is 5.67. The van der Waals surface area contributed by atoms with E-state index in [2.05, 4.69) is 44.3 Å². The summed E-state index contributed by atoms with van der Waals surface area (Å²) in [4.78, 5) is 13.6. The molecule has 1 N–H and O–H groups in total. The molecule has 0 fully saturated rings. The van der Waals surface area contributed by atoms with E-state index in [-0.39, 0.29) is 11.9 Å². The van der Waals surface area contributed by atoms with Crippen molar-refractivity contribution in [1.82, 2.24) is 5.32 Å². The Hall–Kier alpha value is -1.74. The first-order valence-corrected chi connectivity index (χ1v) is 8.61. The SMILES string of the molecule is CCSc1ccccc1C(=O)N[C@H](C)c1ccc(C)cc1C. The standard InChI is InChI=1S/C19H23NOS/c1-5-22-18-9-7-6-8-17(18)19(21)20-15(4)16-11-10-13(2)12-14(16)3/h6-12,15H,5H2,1-4H3,(H,20,21)/t15-/m1/s1. The molecule has 0 saturated heterocycles. The summed E-state index contributed by atoms with van der Waals surface area (Å²) in [7, 11) is 0. The Balaban J connectivity index is 2.18. The van der Waals surface area contributed by atoms with Gasteiger partial charge in [0.15, 0.2) is 0 Å². The van der Waals surface area contributed by atoms with E-state index in [0.29, 0.717) is 0 Å². The smallest absolute Gasteiger partial charge is 0.252 e. The minimum absolute atomic E-state index is 0.00668. The molecule has 3 heteroatoms. The Morgan fingerprint density at radius 3 is 2.59 bits per heavy atom. The number of amides is 1. The normalized spacial score (nSPS) is 12.0. The lowest BCUT2D eigenvalue weighted by Crippen LogP contribution is -2.27. The van der Waals surface area contributed by atoms with Crippen molar-refractivity contribution >= 4 is 17.7 Å². The molecule has 2 aromatic rings. The molecule has 0 aliphatic carbocycles. The molecule has 2 rings (SSSR count). The molecule has 0 radical (unpaired) electrons. The summed E-state index contributed by atoms with van der Waals surface area (Å²) in [6, 6.07) is 14.1. The van der Waals surface area contributed by atoms with Gasteiger partial charge >= 0.3 is 0 Å². The minimum atomic E-state index is -0.0102. The van der Waals surface area contributed by atoms with Crippen molar-refractivity contribution in [3.63, 3.8) is 0 Å². The van der Waals surface area contributed by atoms with E-state index in [1.165, 1.54) is 16.7 Å². The number of hydrogen-bond donors (Lipinski definition) is 1. The maximum Gasteiger partial charge on any atom is 0.252 e. The molecular weight excluding hydrogens is 290 g/mol. The third-order valence-electron chi connectivity index (χ3n) is 3.67. The van der Waals surface area contributed by atoms with E-state index in [9.17, 15) is 4.79 Å². The van der Waals surface area contributed by atoms with Gasteiger partial charge in [0.1, 0.15) is 0 Å².